The molecule has 1 fully saturated rings. The number of barbiturate groups is 1. The van der Waals surface area contributed by atoms with Crippen molar-refractivity contribution in [2.24, 2.45) is 0 Å². The number of rotatable bonds is 3. The molecular weight excluding hydrogens is 378 g/mol. The number of nitrogens with one attached hydrogen (secondary N) is 2. The minimum absolute atomic E-state index is 0.0999. The number of nitrogens with zero attached hydrogens (tertiary/aromatic N) is 1. The smallest absolute Gasteiger partial charge is 0.328 e. The minimum atomic E-state index is -0.811. The number of halogens is 1. The van der Waals surface area contributed by atoms with Crippen molar-refractivity contribution in [1.82, 2.24) is 15.2 Å². The third-order valence-electron chi connectivity index (χ3n) is 4.77. The highest BCUT2D eigenvalue weighted by Gasteiger charge is 2.28. The average molecular weight is 394 g/mol. The zero-order valence-corrected chi connectivity index (χ0v) is 15.7. The number of hydrogen-bond donors (Lipinski definition) is 2. The number of amides is 4. The van der Waals surface area contributed by atoms with Gasteiger partial charge in [0.1, 0.15) is 5.57 Å². The normalized spacial score (nSPS) is 14.2. The van der Waals surface area contributed by atoms with E-state index < -0.39 is 17.8 Å². The molecule has 7 heteroatoms. The number of aromatic nitrogens is 1. The van der Waals surface area contributed by atoms with Crippen LogP contribution in [0.1, 0.15) is 16.8 Å². The summed E-state index contributed by atoms with van der Waals surface area (Å²) in [7, 11) is 0. The Labute approximate surface area is 165 Å². The Morgan fingerprint density at radius 3 is 2.29 bits per heavy atom. The number of carbonyl (C=O) groups excluding carboxylic acids is 3. The summed E-state index contributed by atoms with van der Waals surface area (Å²) < 4.78 is 2.12. The first-order valence-electron chi connectivity index (χ1n) is 8.64. The van der Waals surface area contributed by atoms with Crippen molar-refractivity contribution < 1.29 is 14.4 Å². The number of imide groups is 2. The van der Waals surface area contributed by atoms with Crippen molar-refractivity contribution >= 4 is 46.4 Å². The zero-order chi connectivity index (χ0) is 19.8. The van der Waals surface area contributed by atoms with Crippen LogP contribution in [0.3, 0.4) is 0 Å². The predicted octanol–water partition coefficient (Wildman–Crippen LogP) is 3.40. The second kappa shape index (κ2) is 6.98. The molecule has 0 aliphatic carbocycles. The van der Waals surface area contributed by atoms with Crippen LogP contribution in [0.5, 0.6) is 0 Å². The van der Waals surface area contributed by atoms with Crippen molar-refractivity contribution in [3.8, 4) is 0 Å². The van der Waals surface area contributed by atoms with E-state index in [0.717, 1.165) is 27.7 Å². The molecule has 1 aromatic heterocycles. The quantitative estimate of drug-likeness (QED) is 0.528. The summed E-state index contributed by atoms with van der Waals surface area (Å²) in [5.74, 6) is -1.41. The van der Waals surface area contributed by atoms with Gasteiger partial charge in [-0.25, -0.2) is 4.79 Å². The standard InChI is InChI=1S/C21H16ClN3O3/c1-12-16(10-17-19(26)23-21(28)24-20(17)27)15-4-2-3-5-18(15)25(12)11-13-6-8-14(22)9-7-13/h2-10H,11H2,1H3,(H2,23,24,26,27,28). The Bertz CT molecular complexity index is 1140. The topological polar surface area (TPSA) is 80.2 Å². The summed E-state index contributed by atoms with van der Waals surface area (Å²) in [5, 5.41) is 5.79. The molecule has 0 atom stereocenters. The molecule has 1 aliphatic heterocycles. The second-order valence-electron chi connectivity index (χ2n) is 6.52. The molecule has 2 aromatic carbocycles. The van der Waals surface area contributed by atoms with Crippen molar-refractivity contribution in [2.45, 2.75) is 13.5 Å². The summed E-state index contributed by atoms with van der Waals surface area (Å²) >= 11 is 5.98. The van der Waals surface area contributed by atoms with Gasteiger partial charge < -0.3 is 4.57 Å². The van der Waals surface area contributed by atoms with Crippen LogP contribution in [-0.4, -0.2) is 22.4 Å². The van der Waals surface area contributed by atoms with Crippen molar-refractivity contribution in [3.05, 3.63) is 75.9 Å². The van der Waals surface area contributed by atoms with Gasteiger partial charge in [-0.15, -0.1) is 0 Å². The summed E-state index contributed by atoms with van der Waals surface area (Å²) in [6, 6.07) is 14.6. The molecule has 0 radical (unpaired) electrons. The SMILES string of the molecule is Cc1c(C=C2C(=O)NC(=O)NC2=O)c2ccccc2n1Cc1ccc(Cl)cc1. The first-order chi connectivity index (χ1) is 13.4. The summed E-state index contributed by atoms with van der Waals surface area (Å²) in [5.41, 5.74) is 3.62. The lowest BCUT2D eigenvalue weighted by Gasteiger charge is -2.14. The number of urea groups is 1. The lowest BCUT2D eigenvalue weighted by molar-refractivity contribution is -0.123. The zero-order valence-electron chi connectivity index (χ0n) is 15.0. The Hall–Kier alpha value is -3.38. The van der Waals surface area contributed by atoms with Crippen molar-refractivity contribution in [3.63, 3.8) is 0 Å². The van der Waals surface area contributed by atoms with E-state index >= 15 is 0 Å². The van der Waals surface area contributed by atoms with Gasteiger partial charge in [0.25, 0.3) is 11.8 Å². The molecule has 2 heterocycles. The van der Waals surface area contributed by atoms with Crippen LogP contribution in [0.25, 0.3) is 17.0 Å². The van der Waals surface area contributed by atoms with Crippen molar-refractivity contribution in [2.75, 3.05) is 0 Å². The van der Waals surface area contributed by atoms with Crippen LogP contribution in [0.2, 0.25) is 5.02 Å². The van der Waals surface area contributed by atoms with E-state index in [4.69, 9.17) is 11.6 Å². The van der Waals surface area contributed by atoms with E-state index in [2.05, 4.69) is 15.2 Å². The van der Waals surface area contributed by atoms with Crippen molar-refractivity contribution in [1.29, 1.82) is 0 Å². The van der Waals surface area contributed by atoms with Gasteiger partial charge in [-0.1, -0.05) is 41.9 Å². The van der Waals surface area contributed by atoms with E-state index in [1.807, 2.05) is 55.5 Å². The fourth-order valence-corrected chi connectivity index (χ4v) is 3.49. The molecule has 1 saturated heterocycles. The number of hydrogen-bond acceptors (Lipinski definition) is 3. The predicted molar refractivity (Wildman–Crippen MR) is 107 cm³/mol. The molecule has 3 aromatic rings. The van der Waals surface area contributed by atoms with E-state index in [1.165, 1.54) is 6.08 Å². The maximum absolute atomic E-state index is 12.1. The minimum Gasteiger partial charge on any atom is -0.340 e. The number of fused-ring (bicyclic) bond motifs is 1. The van der Waals surface area contributed by atoms with Crippen LogP contribution in [0.15, 0.2) is 54.1 Å². The highest BCUT2D eigenvalue weighted by atomic mass is 35.5. The Morgan fingerprint density at radius 2 is 1.61 bits per heavy atom. The lowest BCUT2D eigenvalue weighted by atomic mass is 10.1. The summed E-state index contributed by atoms with van der Waals surface area (Å²) in [6.45, 7) is 2.55. The van der Waals surface area contributed by atoms with E-state index in [9.17, 15) is 14.4 Å². The van der Waals surface area contributed by atoms with Gasteiger partial charge in [-0.05, 0) is 36.8 Å². The number of benzene rings is 2. The van der Waals surface area contributed by atoms with Gasteiger partial charge in [0, 0.05) is 33.7 Å². The molecule has 4 amide bonds. The molecule has 0 unspecified atom stereocenters. The fraction of sp³-hybridized carbons (Fsp3) is 0.0952. The van der Waals surface area contributed by atoms with E-state index in [-0.39, 0.29) is 5.57 Å². The first kappa shape index (κ1) is 18.0. The maximum atomic E-state index is 12.1. The molecule has 1 aliphatic rings. The Morgan fingerprint density at radius 1 is 0.964 bits per heavy atom. The van der Waals surface area contributed by atoms with Crippen LogP contribution in [-0.2, 0) is 16.1 Å². The molecule has 0 bridgehead atoms. The van der Waals surface area contributed by atoms with Gasteiger partial charge in [-0.2, -0.15) is 0 Å². The summed E-state index contributed by atoms with van der Waals surface area (Å²) in [4.78, 5) is 35.5. The molecule has 0 saturated carbocycles. The van der Waals surface area contributed by atoms with Crippen LogP contribution in [0, 0.1) is 6.92 Å². The Kier molecular flexibility index (Phi) is 4.49. The van der Waals surface area contributed by atoms with Gasteiger partial charge in [-0.3, -0.25) is 20.2 Å². The lowest BCUT2D eigenvalue weighted by Crippen LogP contribution is -2.51. The van der Waals surface area contributed by atoms with Gasteiger partial charge in [0.05, 0.1) is 0 Å². The van der Waals surface area contributed by atoms with Gasteiger partial charge in [0.15, 0.2) is 0 Å². The third-order valence-corrected chi connectivity index (χ3v) is 5.02. The molecule has 28 heavy (non-hydrogen) atoms. The molecule has 4 rings (SSSR count). The van der Waals surface area contributed by atoms with Crippen LogP contribution in [0.4, 0.5) is 4.79 Å². The Balaban J connectivity index is 1.84. The molecule has 6 nitrogen and oxygen atoms in total. The van der Waals surface area contributed by atoms with E-state index in [1.54, 1.807) is 0 Å². The molecule has 0 spiro atoms. The first-order valence-corrected chi connectivity index (χ1v) is 9.02. The van der Waals surface area contributed by atoms with Crippen LogP contribution >= 0.6 is 11.6 Å². The number of para-hydroxylation sites is 1. The highest BCUT2D eigenvalue weighted by Crippen LogP contribution is 2.29. The third kappa shape index (κ3) is 3.18. The summed E-state index contributed by atoms with van der Waals surface area (Å²) in [6.07, 6.45) is 1.53. The maximum Gasteiger partial charge on any atom is 0.328 e. The van der Waals surface area contributed by atoms with Gasteiger partial charge >= 0.3 is 6.03 Å². The van der Waals surface area contributed by atoms with Crippen LogP contribution < -0.4 is 10.6 Å². The van der Waals surface area contributed by atoms with Gasteiger partial charge in [0.2, 0.25) is 0 Å². The molecular formula is C21H16ClN3O3. The fourth-order valence-electron chi connectivity index (χ4n) is 3.37. The molecule has 140 valence electrons. The number of carbonyl (C=O) groups is 3. The molecule has 2 N–H and O–H groups in total. The highest BCUT2D eigenvalue weighted by molar-refractivity contribution is 6.31. The second-order valence-corrected chi connectivity index (χ2v) is 6.96. The largest absolute Gasteiger partial charge is 0.340 e. The monoisotopic (exact) mass is 393 g/mol. The van der Waals surface area contributed by atoms with E-state index in [0.29, 0.717) is 11.6 Å². The average Bonchev–Trinajstić information content (AvgIpc) is 2.92.